The van der Waals surface area contributed by atoms with Gasteiger partial charge in [0.1, 0.15) is 11.5 Å². The Labute approximate surface area is 234 Å². The van der Waals surface area contributed by atoms with Gasteiger partial charge in [-0.1, -0.05) is 36.9 Å². The Bertz CT molecular complexity index is 1080. The van der Waals surface area contributed by atoms with Crippen LogP contribution < -0.4 is 9.47 Å². The minimum atomic E-state index is -0.220. The summed E-state index contributed by atoms with van der Waals surface area (Å²) < 4.78 is 16.9. The van der Waals surface area contributed by atoms with E-state index in [2.05, 4.69) is 74.9 Å². The lowest BCUT2D eigenvalue weighted by Crippen LogP contribution is -2.15. The van der Waals surface area contributed by atoms with Crippen molar-refractivity contribution in [2.75, 3.05) is 61.6 Å². The SMILES string of the molecule is C=C1C/C1=C/C(CCC(=O)OC)=C(c1ccc(OCCCN(C)C)cc1)c1ccc(OCCCN(C)C)cc1. The zero-order valence-electron chi connectivity index (χ0n) is 24.3. The summed E-state index contributed by atoms with van der Waals surface area (Å²) in [5.74, 6) is 1.48. The van der Waals surface area contributed by atoms with Gasteiger partial charge in [0.15, 0.2) is 0 Å². The lowest BCUT2D eigenvalue weighted by atomic mass is 9.90. The average Bonchev–Trinajstić information content (AvgIpc) is 3.62. The molecule has 0 aromatic heterocycles. The van der Waals surface area contributed by atoms with Gasteiger partial charge in [-0.2, -0.15) is 0 Å². The zero-order chi connectivity index (χ0) is 28.2. The van der Waals surface area contributed by atoms with Crippen molar-refractivity contribution < 1.29 is 19.0 Å². The molecule has 2 aromatic carbocycles. The second kappa shape index (κ2) is 15.3. The second-order valence-corrected chi connectivity index (χ2v) is 10.5. The third-order valence-electron chi connectivity index (χ3n) is 6.55. The highest BCUT2D eigenvalue weighted by molar-refractivity contribution is 5.85. The molecule has 39 heavy (non-hydrogen) atoms. The number of hydrogen-bond donors (Lipinski definition) is 0. The molecule has 1 aliphatic carbocycles. The highest BCUT2D eigenvalue weighted by Crippen LogP contribution is 2.39. The van der Waals surface area contributed by atoms with E-state index in [-0.39, 0.29) is 5.97 Å². The van der Waals surface area contributed by atoms with Crippen molar-refractivity contribution in [2.45, 2.75) is 32.1 Å². The van der Waals surface area contributed by atoms with Gasteiger partial charge in [-0.25, -0.2) is 0 Å². The van der Waals surface area contributed by atoms with E-state index in [1.54, 1.807) is 0 Å². The molecule has 210 valence electrons. The van der Waals surface area contributed by atoms with E-state index in [4.69, 9.17) is 14.2 Å². The first-order valence-corrected chi connectivity index (χ1v) is 13.7. The number of ether oxygens (including phenoxy) is 3. The largest absolute Gasteiger partial charge is 0.494 e. The number of benzene rings is 2. The van der Waals surface area contributed by atoms with Crippen molar-refractivity contribution in [1.29, 1.82) is 0 Å². The van der Waals surface area contributed by atoms with Gasteiger partial charge in [0.2, 0.25) is 0 Å². The molecular formula is C33H44N2O4. The van der Waals surface area contributed by atoms with Crippen LogP contribution in [0.1, 0.15) is 43.2 Å². The predicted octanol–water partition coefficient (Wildman–Crippen LogP) is 5.99. The molecule has 0 atom stereocenters. The van der Waals surface area contributed by atoms with Crippen LogP contribution in [0.15, 0.2) is 77.9 Å². The fraction of sp³-hybridized carbons (Fsp3) is 0.424. The molecule has 1 saturated carbocycles. The number of rotatable bonds is 16. The molecule has 0 unspecified atom stereocenters. The summed E-state index contributed by atoms with van der Waals surface area (Å²) in [6.07, 6.45) is 5.93. The summed E-state index contributed by atoms with van der Waals surface area (Å²) in [5, 5.41) is 0. The average molecular weight is 533 g/mol. The van der Waals surface area contributed by atoms with E-state index in [0.717, 1.165) is 71.7 Å². The lowest BCUT2D eigenvalue weighted by molar-refractivity contribution is -0.140. The highest BCUT2D eigenvalue weighted by atomic mass is 16.5. The normalized spacial score (nSPS) is 13.6. The maximum Gasteiger partial charge on any atom is 0.305 e. The highest BCUT2D eigenvalue weighted by Gasteiger charge is 2.21. The smallest absolute Gasteiger partial charge is 0.305 e. The number of esters is 1. The number of methoxy groups -OCH3 is 1. The van der Waals surface area contributed by atoms with E-state index < -0.39 is 0 Å². The van der Waals surface area contributed by atoms with Crippen LogP contribution in [-0.2, 0) is 9.53 Å². The van der Waals surface area contributed by atoms with Crippen LogP contribution in [0.4, 0.5) is 0 Å². The van der Waals surface area contributed by atoms with Gasteiger partial charge in [0.05, 0.1) is 20.3 Å². The Hall–Kier alpha value is -3.35. The predicted molar refractivity (Wildman–Crippen MR) is 159 cm³/mol. The van der Waals surface area contributed by atoms with Crippen LogP contribution in [0.3, 0.4) is 0 Å². The molecule has 0 N–H and O–H groups in total. The molecule has 2 aromatic rings. The van der Waals surface area contributed by atoms with Crippen LogP contribution in [0.2, 0.25) is 0 Å². The van der Waals surface area contributed by atoms with Crippen LogP contribution in [-0.4, -0.2) is 77.4 Å². The van der Waals surface area contributed by atoms with Gasteiger partial charge in [-0.15, -0.1) is 0 Å². The van der Waals surface area contributed by atoms with E-state index in [9.17, 15) is 4.79 Å². The van der Waals surface area contributed by atoms with E-state index in [0.29, 0.717) is 26.1 Å². The number of carbonyl (C=O) groups is 1. The minimum absolute atomic E-state index is 0.220. The van der Waals surface area contributed by atoms with Crippen LogP contribution in [0.5, 0.6) is 11.5 Å². The standard InChI is InChI=1S/C33H44N2O4/c1-25-23-29(25)24-28(13-18-32(36)37-6)33(26-9-14-30(15-10-26)38-21-7-19-34(2)3)27-11-16-31(17-12-27)39-22-8-20-35(4)5/h9-12,14-17,24H,1,7-8,13,18-23H2,2-6H3/b29-24-. The lowest BCUT2D eigenvalue weighted by Gasteiger charge is -2.16. The van der Waals surface area contributed by atoms with E-state index in [1.165, 1.54) is 12.7 Å². The first-order valence-electron chi connectivity index (χ1n) is 13.7. The molecule has 0 spiro atoms. The molecule has 1 fully saturated rings. The van der Waals surface area contributed by atoms with Gasteiger partial charge in [0, 0.05) is 19.5 Å². The van der Waals surface area contributed by atoms with Crippen molar-refractivity contribution in [3.05, 3.63) is 89.0 Å². The Balaban J connectivity index is 1.89. The molecule has 0 aliphatic heterocycles. The first kappa shape index (κ1) is 30.2. The summed E-state index contributed by atoms with van der Waals surface area (Å²) in [7, 11) is 9.70. The van der Waals surface area contributed by atoms with Crippen molar-refractivity contribution >= 4 is 11.5 Å². The molecule has 0 heterocycles. The minimum Gasteiger partial charge on any atom is -0.494 e. The Morgan fingerprint density at radius 2 is 1.28 bits per heavy atom. The molecule has 1 aliphatic rings. The molecule has 0 saturated heterocycles. The van der Waals surface area contributed by atoms with Crippen LogP contribution in [0, 0.1) is 0 Å². The summed E-state index contributed by atoms with van der Waals surface area (Å²) in [6.45, 7) is 7.44. The fourth-order valence-electron chi connectivity index (χ4n) is 4.27. The van der Waals surface area contributed by atoms with Gasteiger partial charge in [-0.05, 0) is 112 Å². The van der Waals surface area contributed by atoms with E-state index in [1.807, 2.05) is 24.3 Å². The quantitative estimate of drug-likeness (QED) is 0.196. The van der Waals surface area contributed by atoms with Crippen molar-refractivity contribution in [3.8, 4) is 11.5 Å². The van der Waals surface area contributed by atoms with Gasteiger partial charge in [-0.3, -0.25) is 4.79 Å². The van der Waals surface area contributed by atoms with Crippen molar-refractivity contribution in [2.24, 2.45) is 0 Å². The number of allylic oxidation sites excluding steroid dienone is 4. The van der Waals surface area contributed by atoms with E-state index >= 15 is 0 Å². The third kappa shape index (κ3) is 10.4. The van der Waals surface area contributed by atoms with Crippen molar-refractivity contribution in [3.63, 3.8) is 0 Å². The van der Waals surface area contributed by atoms with Crippen LogP contribution in [0.25, 0.3) is 5.57 Å². The molecule has 3 rings (SSSR count). The van der Waals surface area contributed by atoms with Gasteiger partial charge in [0.25, 0.3) is 0 Å². The third-order valence-corrected chi connectivity index (χ3v) is 6.55. The Kier molecular flexibility index (Phi) is 11.8. The maximum absolute atomic E-state index is 12.1. The molecule has 0 amide bonds. The van der Waals surface area contributed by atoms with Gasteiger partial charge < -0.3 is 24.0 Å². The maximum atomic E-state index is 12.1. The molecule has 6 nitrogen and oxygen atoms in total. The zero-order valence-corrected chi connectivity index (χ0v) is 24.3. The second-order valence-electron chi connectivity index (χ2n) is 10.5. The number of nitrogens with zero attached hydrogens (tertiary/aromatic N) is 2. The number of hydrogen-bond acceptors (Lipinski definition) is 6. The number of carbonyl (C=O) groups excluding carboxylic acids is 1. The first-order chi connectivity index (χ1) is 18.8. The van der Waals surface area contributed by atoms with Gasteiger partial charge >= 0.3 is 5.97 Å². The molecule has 6 heteroatoms. The summed E-state index contributed by atoms with van der Waals surface area (Å²) >= 11 is 0. The van der Waals surface area contributed by atoms with Crippen LogP contribution >= 0.6 is 0 Å². The summed E-state index contributed by atoms with van der Waals surface area (Å²) in [5.41, 5.74) is 6.69. The summed E-state index contributed by atoms with van der Waals surface area (Å²) in [6, 6.07) is 16.5. The molecule has 0 radical (unpaired) electrons. The monoisotopic (exact) mass is 532 g/mol. The molecular weight excluding hydrogens is 488 g/mol. The fourth-order valence-corrected chi connectivity index (χ4v) is 4.27. The van der Waals surface area contributed by atoms with Crippen molar-refractivity contribution in [1.82, 2.24) is 9.80 Å². The summed E-state index contributed by atoms with van der Waals surface area (Å²) in [4.78, 5) is 16.4. The Morgan fingerprint density at radius 1 is 0.821 bits per heavy atom. The Morgan fingerprint density at radius 3 is 1.67 bits per heavy atom. The topological polar surface area (TPSA) is 51.2 Å². The molecule has 0 bridgehead atoms.